The molecule has 1 rings (SSSR count). The quantitative estimate of drug-likeness (QED) is 0.632. The number of carbonyl (C=O) groups is 2. The van der Waals surface area contributed by atoms with Gasteiger partial charge in [-0.05, 0) is 12.1 Å². The summed E-state index contributed by atoms with van der Waals surface area (Å²) in [6, 6.07) is 3.17. The van der Waals surface area contributed by atoms with Gasteiger partial charge in [0.2, 0.25) is 0 Å². The first-order valence-corrected chi connectivity index (χ1v) is 7.04. The van der Waals surface area contributed by atoms with E-state index in [-0.39, 0.29) is 17.8 Å². The van der Waals surface area contributed by atoms with Crippen LogP contribution in [0, 0.1) is 0 Å². The molecule has 0 fully saturated rings. The lowest BCUT2D eigenvalue weighted by atomic mass is 10.2. The van der Waals surface area contributed by atoms with Gasteiger partial charge in [0, 0.05) is 41.1 Å². The molecule has 1 atom stereocenters. The number of urea groups is 1. The fraction of sp³-hybridized carbons (Fsp3) is 0.273. The van der Waals surface area contributed by atoms with Crippen LogP contribution in [0.2, 0.25) is 0 Å². The summed E-state index contributed by atoms with van der Waals surface area (Å²) in [5.41, 5.74) is 0.0185. The Bertz CT molecular complexity index is 518. The standard InChI is InChI=1S/C11H14N2O5S/c1-19(18)5-4-12-11(17)13-7-2-3-8(10(15)16)9(14)6-7/h2-3,6,14H,4-5H2,1H3,(H,15,16)(H2,12,13,17). The number of carboxylic acids is 1. The first kappa shape index (κ1) is 15.0. The van der Waals surface area contributed by atoms with E-state index in [9.17, 15) is 18.9 Å². The molecule has 0 aliphatic carbocycles. The summed E-state index contributed by atoms with van der Waals surface area (Å²) >= 11 is 0. The number of carboxylic acid groups (broad SMARTS) is 1. The molecule has 1 unspecified atom stereocenters. The molecule has 4 N–H and O–H groups in total. The summed E-state index contributed by atoms with van der Waals surface area (Å²) in [4.78, 5) is 22.1. The second-order valence-electron chi connectivity index (χ2n) is 3.70. The van der Waals surface area contributed by atoms with Crippen LogP contribution in [0.5, 0.6) is 5.75 Å². The number of rotatable bonds is 5. The van der Waals surface area contributed by atoms with E-state index in [2.05, 4.69) is 10.6 Å². The van der Waals surface area contributed by atoms with E-state index in [4.69, 9.17) is 5.11 Å². The van der Waals surface area contributed by atoms with Crippen molar-refractivity contribution in [3.05, 3.63) is 23.8 Å². The van der Waals surface area contributed by atoms with Crippen LogP contribution in [0.4, 0.5) is 10.5 Å². The van der Waals surface area contributed by atoms with Crippen LogP contribution in [0.1, 0.15) is 10.4 Å². The second kappa shape index (κ2) is 6.74. The van der Waals surface area contributed by atoms with Crippen LogP contribution in [-0.4, -0.2) is 45.0 Å². The zero-order valence-electron chi connectivity index (χ0n) is 10.2. The Morgan fingerprint density at radius 1 is 1.37 bits per heavy atom. The van der Waals surface area contributed by atoms with E-state index < -0.39 is 28.5 Å². The van der Waals surface area contributed by atoms with Gasteiger partial charge in [-0.15, -0.1) is 0 Å². The van der Waals surface area contributed by atoms with Crippen molar-refractivity contribution in [3.8, 4) is 5.75 Å². The van der Waals surface area contributed by atoms with E-state index in [0.717, 1.165) is 6.07 Å². The van der Waals surface area contributed by atoms with Crippen molar-refractivity contribution >= 4 is 28.5 Å². The SMILES string of the molecule is CS(=O)CCNC(=O)Nc1ccc(C(=O)O)c(O)c1. The maximum atomic E-state index is 11.4. The first-order chi connectivity index (χ1) is 8.90. The Labute approximate surface area is 112 Å². The van der Waals surface area contributed by atoms with E-state index >= 15 is 0 Å². The third kappa shape index (κ3) is 4.96. The van der Waals surface area contributed by atoms with Crippen molar-refractivity contribution in [1.29, 1.82) is 0 Å². The van der Waals surface area contributed by atoms with Crippen LogP contribution >= 0.6 is 0 Å². The number of aromatic hydroxyl groups is 1. The molecule has 0 spiro atoms. The molecule has 1 aromatic rings. The van der Waals surface area contributed by atoms with E-state index in [1.54, 1.807) is 0 Å². The van der Waals surface area contributed by atoms with Crippen molar-refractivity contribution in [2.75, 3.05) is 23.9 Å². The molecule has 104 valence electrons. The highest BCUT2D eigenvalue weighted by Crippen LogP contribution is 2.21. The van der Waals surface area contributed by atoms with Gasteiger partial charge in [0.05, 0.1) is 0 Å². The predicted molar refractivity (Wildman–Crippen MR) is 71.0 cm³/mol. The number of aromatic carboxylic acids is 1. The van der Waals surface area contributed by atoms with Crippen LogP contribution in [0.3, 0.4) is 0 Å². The highest BCUT2D eigenvalue weighted by Gasteiger charge is 2.10. The fourth-order valence-electron chi connectivity index (χ4n) is 1.27. The number of phenols is 1. The van der Waals surface area contributed by atoms with Crippen molar-refractivity contribution in [2.24, 2.45) is 0 Å². The molecule has 19 heavy (non-hydrogen) atoms. The number of carbonyl (C=O) groups excluding carboxylic acids is 1. The van der Waals surface area contributed by atoms with Gasteiger partial charge in [0.1, 0.15) is 11.3 Å². The summed E-state index contributed by atoms with van der Waals surface area (Å²) in [7, 11) is -0.988. The lowest BCUT2D eigenvalue weighted by Gasteiger charge is -2.08. The molecular formula is C11H14N2O5S. The molecule has 8 heteroatoms. The zero-order chi connectivity index (χ0) is 14.4. The average molecular weight is 286 g/mol. The van der Waals surface area contributed by atoms with Gasteiger partial charge in [-0.25, -0.2) is 9.59 Å². The highest BCUT2D eigenvalue weighted by atomic mass is 32.2. The van der Waals surface area contributed by atoms with Gasteiger partial charge in [-0.2, -0.15) is 0 Å². The molecule has 0 bridgehead atoms. The van der Waals surface area contributed by atoms with Crippen molar-refractivity contribution in [3.63, 3.8) is 0 Å². The van der Waals surface area contributed by atoms with Crippen molar-refractivity contribution < 1.29 is 24.0 Å². The largest absolute Gasteiger partial charge is 0.507 e. The maximum Gasteiger partial charge on any atom is 0.339 e. The summed E-state index contributed by atoms with van der Waals surface area (Å²) < 4.78 is 10.8. The van der Waals surface area contributed by atoms with Gasteiger partial charge < -0.3 is 20.8 Å². The van der Waals surface area contributed by atoms with Crippen LogP contribution < -0.4 is 10.6 Å². The van der Waals surface area contributed by atoms with Gasteiger partial charge in [-0.1, -0.05) is 0 Å². The maximum absolute atomic E-state index is 11.4. The minimum absolute atomic E-state index is 0.243. The Morgan fingerprint density at radius 2 is 2.05 bits per heavy atom. The van der Waals surface area contributed by atoms with Crippen LogP contribution in [0.15, 0.2) is 18.2 Å². The normalized spacial score (nSPS) is 11.6. The van der Waals surface area contributed by atoms with Crippen molar-refractivity contribution in [2.45, 2.75) is 0 Å². The number of amides is 2. The van der Waals surface area contributed by atoms with Crippen LogP contribution in [0.25, 0.3) is 0 Å². The fourth-order valence-corrected chi connectivity index (χ4v) is 1.66. The topological polar surface area (TPSA) is 116 Å². The summed E-state index contributed by atoms with van der Waals surface area (Å²) in [6.45, 7) is 0.258. The summed E-state index contributed by atoms with van der Waals surface area (Å²) in [6.07, 6.45) is 1.53. The van der Waals surface area contributed by atoms with Crippen LogP contribution in [-0.2, 0) is 10.8 Å². The molecule has 0 aliphatic heterocycles. The molecule has 0 aromatic heterocycles. The molecular weight excluding hydrogens is 272 g/mol. The smallest absolute Gasteiger partial charge is 0.339 e. The second-order valence-corrected chi connectivity index (χ2v) is 5.25. The molecule has 2 amide bonds. The number of hydrogen-bond donors (Lipinski definition) is 4. The minimum atomic E-state index is -1.25. The summed E-state index contributed by atoms with van der Waals surface area (Å²) in [5, 5.41) is 23.0. The number of hydrogen-bond acceptors (Lipinski definition) is 4. The number of benzene rings is 1. The lowest BCUT2D eigenvalue weighted by molar-refractivity contribution is 0.0694. The van der Waals surface area contributed by atoms with Gasteiger partial charge in [0.15, 0.2) is 0 Å². The molecule has 1 aromatic carbocycles. The Kier molecular flexibility index (Phi) is 5.31. The van der Waals surface area contributed by atoms with Gasteiger partial charge >= 0.3 is 12.0 Å². The van der Waals surface area contributed by atoms with E-state index in [0.29, 0.717) is 5.75 Å². The molecule has 0 heterocycles. The summed E-state index contributed by atoms with van der Waals surface area (Å²) in [5.74, 6) is -1.34. The molecule has 0 aliphatic rings. The highest BCUT2D eigenvalue weighted by molar-refractivity contribution is 7.84. The Morgan fingerprint density at radius 3 is 2.58 bits per heavy atom. The average Bonchev–Trinajstić information content (AvgIpc) is 2.27. The molecule has 0 radical (unpaired) electrons. The van der Waals surface area contributed by atoms with E-state index in [1.165, 1.54) is 18.4 Å². The number of nitrogens with one attached hydrogen (secondary N) is 2. The third-order valence-corrected chi connectivity index (χ3v) is 2.94. The monoisotopic (exact) mass is 286 g/mol. The van der Waals surface area contributed by atoms with Crippen molar-refractivity contribution in [1.82, 2.24) is 5.32 Å². The first-order valence-electron chi connectivity index (χ1n) is 5.31. The van der Waals surface area contributed by atoms with Gasteiger partial charge in [0.25, 0.3) is 0 Å². The molecule has 0 saturated heterocycles. The number of anilines is 1. The Balaban J connectivity index is 2.58. The molecule has 7 nitrogen and oxygen atoms in total. The minimum Gasteiger partial charge on any atom is -0.507 e. The molecule has 0 saturated carbocycles. The van der Waals surface area contributed by atoms with E-state index in [1.807, 2.05) is 0 Å². The Hall–Kier alpha value is -2.09. The zero-order valence-corrected chi connectivity index (χ0v) is 11.0. The predicted octanol–water partition coefficient (Wildman–Crippen LogP) is 0.590. The van der Waals surface area contributed by atoms with Gasteiger partial charge in [-0.3, -0.25) is 4.21 Å². The third-order valence-electron chi connectivity index (χ3n) is 2.16. The lowest BCUT2D eigenvalue weighted by Crippen LogP contribution is -2.31.